The Hall–Kier alpha value is -0.120. The maximum Gasteiger partial charge on any atom is 0.118 e. The van der Waals surface area contributed by atoms with E-state index in [9.17, 15) is 0 Å². The molecule has 0 bridgehead atoms. The van der Waals surface area contributed by atoms with E-state index in [1.165, 1.54) is 0 Å². The Labute approximate surface area is 55.2 Å². The number of hydrogen-bond acceptors (Lipinski definition) is 3. The molecule has 0 rings (SSSR count). The molecular weight excluding hydrogens is 120 g/mol. The van der Waals surface area contributed by atoms with Crippen LogP contribution in [0.1, 0.15) is 26.7 Å². The molecule has 56 valence electrons. The highest BCUT2D eigenvalue weighted by atomic mass is 17.1. The van der Waals surface area contributed by atoms with E-state index in [-0.39, 0.29) is 0 Å². The van der Waals surface area contributed by atoms with Crippen molar-refractivity contribution in [2.24, 2.45) is 0 Å². The van der Waals surface area contributed by atoms with Gasteiger partial charge in [-0.3, -0.25) is 5.26 Å². The van der Waals surface area contributed by atoms with Crippen molar-refractivity contribution in [3.8, 4) is 0 Å². The summed E-state index contributed by atoms with van der Waals surface area (Å²) in [7, 11) is 0. The zero-order chi connectivity index (χ0) is 7.28. The fourth-order valence-electron chi connectivity index (χ4n) is 0.666. The highest BCUT2D eigenvalue weighted by Gasteiger charge is 2.13. The summed E-state index contributed by atoms with van der Waals surface area (Å²) < 4.78 is 0. The average molecular weight is 134 g/mol. The minimum atomic E-state index is -0.588. The van der Waals surface area contributed by atoms with Crippen LogP contribution in [0.15, 0.2) is 0 Å². The predicted molar refractivity (Wildman–Crippen MR) is 34.1 cm³/mol. The van der Waals surface area contributed by atoms with Crippen molar-refractivity contribution >= 4 is 0 Å². The van der Waals surface area contributed by atoms with Gasteiger partial charge >= 0.3 is 0 Å². The van der Waals surface area contributed by atoms with Gasteiger partial charge in [-0.25, -0.2) is 4.89 Å². The molecule has 0 saturated heterocycles. The minimum Gasteiger partial charge on any atom is -0.391 e. The van der Waals surface area contributed by atoms with Gasteiger partial charge in [0.15, 0.2) is 0 Å². The van der Waals surface area contributed by atoms with Crippen molar-refractivity contribution in [3.63, 3.8) is 0 Å². The Kier molecular flexibility index (Phi) is 4.67. The zero-order valence-electron chi connectivity index (χ0n) is 5.87. The van der Waals surface area contributed by atoms with Gasteiger partial charge in [-0.1, -0.05) is 13.3 Å². The molecule has 0 amide bonds. The SMILES string of the molecule is CCCC(OO)C(C)O. The molecule has 2 atom stereocenters. The molecule has 0 spiro atoms. The Morgan fingerprint density at radius 1 is 1.56 bits per heavy atom. The molecule has 0 aromatic heterocycles. The second-order valence-corrected chi connectivity index (χ2v) is 2.17. The Morgan fingerprint density at radius 2 is 2.11 bits per heavy atom. The fourth-order valence-corrected chi connectivity index (χ4v) is 0.666. The topological polar surface area (TPSA) is 49.7 Å². The van der Waals surface area contributed by atoms with Crippen molar-refractivity contribution in [1.82, 2.24) is 0 Å². The van der Waals surface area contributed by atoms with Crippen LogP contribution >= 0.6 is 0 Å². The first kappa shape index (κ1) is 8.88. The summed E-state index contributed by atoms with van der Waals surface area (Å²) in [5.41, 5.74) is 0. The first-order valence-electron chi connectivity index (χ1n) is 3.20. The molecule has 0 aromatic carbocycles. The average Bonchev–Trinajstić information content (AvgIpc) is 1.82. The van der Waals surface area contributed by atoms with Gasteiger partial charge in [0.25, 0.3) is 0 Å². The molecule has 0 fully saturated rings. The standard InChI is InChI=1S/C6H14O3/c1-3-4-6(9-8)5(2)7/h5-8H,3-4H2,1-2H3. The first-order valence-corrected chi connectivity index (χ1v) is 3.20. The van der Waals surface area contributed by atoms with Crippen LogP contribution in [0.25, 0.3) is 0 Å². The van der Waals surface area contributed by atoms with Crippen molar-refractivity contribution in [3.05, 3.63) is 0 Å². The molecule has 0 aliphatic heterocycles. The Bertz CT molecular complexity index is 63.3. The van der Waals surface area contributed by atoms with Gasteiger partial charge in [-0.2, -0.15) is 0 Å². The van der Waals surface area contributed by atoms with Crippen molar-refractivity contribution in [2.45, 2.75) is 38.9 Å². The predicted octanol–water partition coefficient (Wildman–Crippen LogP) is 1.03. The molecule has 2 N–H and O–H groups in total. The summed E-state index contributed by atoms with van der Waals surface area (Å²) >= 11 is 0. The maximum atomic E-state index is 8.86. The van der Waals surface area contributed by atoms with E-state index in [4.69, 9.17) is 10.4 Å². The number of rotatable bonds is 4. The van der Waals surface area contributed by atoms with E-state index in [1.54, 1.807) is 6.92 Å². The van der Waals surface area contributed by atoms with E-state index in [2.05, 4.69) is 4.89 Å². The summed E-state index contributed by atoms with van der Waals surface area (Å²) in [4.78, 5) is 4.00. The van der Waals surface area contributed by atoms with E-state index in [1.807, 2.05) is 6.92 Å². The van der Waals surface area contributed by atoms with Crippen molar-refractivity contribution < 1.29 is 15.3 Å². The third-order valence-electron chi connectivity index (χ3n) is 1.25. The quantitative estimate of drug-likeness (QED) is 0.446. The molecular formula is C6H14O3. The molecule has 0 radical (unpaired) electrons. The maximum absolute atomic E-state index is 8.86. The summed E-state index contributed by atoms with van der Waals surface area (Å²) in [5, 5.41) is 17.0. The first-order chi connectivity index (χ1) is 4.22. The molecule has 3 nitrogen and oxygen atoms in total. The Balaban J connectivity index is 3.41. The fraction of sp³-hybridized carbons (Fsp3) is 1.00. The number of aliphatic hydroxyl groups excluding tert-OH is 1. The molecule has 2 unspecified atom stereocenters. The van der Waals surface area contributed by atoms with E-state index < -0.39 is 12.2 Å². The second-order valence-electron chi connectivity index (χ2n) is 2.17. The molecule has 3 heteroatoms. The van der Waals surface area contributed by atoms with Crippen LogP contribution in [0.3, 0.4) is 0 Å². The molecule has 0 heterocycles. The summed E-state index contributed by atoms with van der Waals surface area (Å²) in [6, 6.07) is 0. The summed E-state index contributed by atoms with van der Waals surface area (Å²) in [5.74, 6) is 0. The summed E-state index contributed by atoms with van der Waals surface area (Å²) in [6.07, 6.45) is 0.578. The van der Waals surface area contributed by atoms with Gasteiger partial charge < -0.3 is 5.11 Å². The number of aliphatic hydroxyl groups is 1. The highest BCUT2D eigenvalue weighted by molar-refractivity contribution is 4.60. The lowest BCUT2D eigenvalue weighted by Gasteiger charge is -2.14. The largest absolute Gasteiger partial charge is 0.391 e. The normalized spacial score (nSPS) is 17.3. The second kappa shape index (κ2) is 4.73. The molecule has 0 aromatic rings. The lowest BCUT2D eigenvalue weighted by atomic mass is 10.1. The van der Waals surface area contributed by atoms with Crippen LogP contribution in [-0.2, 0) is 4.89 Å². The Morgan fingerprint density at radius 3 is 2.22 bits per heavy atom. The molecule has 0 aliphatic carbocycles. The van der Waals surface area contributed by atoms with Crippen LogP contribution in [0, 0.1) is 0 Å². The van der Waals surface area contributed by atoms with Crippen LogP contribution < -0.4 is 0 Å². The molecule has 9 heavy (non-hydrogen) atoms. The van der Waals surface area contributed by atoms with Crippen LogP contribution in [0.2, 0.25) is 0 Å². The van der Waals surface area contributed by atoms with E-state index in [0.29, 0.717) is 6.42 Å². The third kappa shape index (κ3) is 3.46. The lowest BCUT2D eigenvalue weighted by molar-refractivity contribution is -0.296. The van der Waals surface area contributed by atoms with Crippen LogP contribution in [-0.4, -0.2) is 22.6 Å². The van der Waals surface area contributed by atoms with Gasteiger partial charge in [-0.05, 0) is 13.3 Å². The van der Waals surface area contributed by atoms with Crippen molar-refractivity contribution in [1.29, 1.82) is 0 Å². The van der Waals surface area contributed by atoms with Crippen LogP contribution in [0.4, 0.5) is 0 Å². The summed E-state index contributed by atoms with van der Waals surface area (Å²) in [6.45, 7) is 3.56. The van der Waals surface area contributed by atoms with Gasteiger partial charge in [0, 0.05) is 0 Å². The zero-order valence-corrected chi connectivity index (χ0v) is 5.87. The van der Waals surface area contributed by atoms with Gasteiger partial charge in [0.1, 0.15) is 6.10 Å². The lowest BCUT2D eigenvalue weighted by Crippen LogP contribution is -2.24. The molecule has 0 aliphatic rings. The van der Waals surface area contributed by atoms with Crippen molar-refractivity contribution in [2.75, 3.05) is 0 Å². The molecule has 0 saturated carbocycles. The van der Waals surface area contributed by atoms with Gasteiger partial charge in [0.05, 0.1) is 6.10 Å². The van der Waals surface area contributed by atoms with Gasteiger partial charge in [0.2, 0.25) is 0 Å². The monoisotopic (exact) mass is 134 g/mol. The van der Waals surface area contributed by atoms with Crippen LogP contribution in [0.5, 0.6) is 0 Å². The van der Waals surface area contributed by atoms with E-state index in [0.717, 1.165) is 6.42 Å². The van der Waals surface area contributed by atoms with Gasteiger partial charge in [-0.15, -0.1) is 0 Å². The minimum absolute atomic E-state index is 0.421. The third-order valence-corrected chi connectivity index (χ3v) is 1.25. The van der Waals surface area contributed by atoms with E-state index >= 15 is 0 Å². The smallest absolute Gasteiger partial charge is 0.118 e. The highest BCUT2D eigenvalue weighted by Crippen LogP contribution is 2.04. The number of hydrogen-bond donors (Lipinski definition) is 2.